The van der Waals surface area contributed by atoms with Crippen LogP contribution in [0.3, 0.4) is 0 Å². The van der Waals surface area contributed by atoms with Gasteiger partial charge in [-0.25, -0.2) is 9.97 Å². The number of amides is 1. The molecule has 1 atom stereocenters. The second kappa shape index (κ2) is 8.16. The van der Waals surface area contributed by atoms with Crippen LogP contribution in [-0.4, -0.2) is 33.5 Å². The number of halogens is 1. The van der Waals surface area contributed by atoms with E-state index in [1.54, 1.807) is 55.4 Å². The number of anilines is 3. The summed E-state index contributed by atoms with van der Waals surface area (Å²) in [5.74, 6) is 0.0587. The highest BCUT2D eigenvalue weighted by molar-refractivity contribution is 6.02. The summed E-state index contributed by atoms with van der Waals surface area (Å²) in [6.45, 7) is 3.77. The van der Waals surface area contributed by atoms with Crippen molar-refractivity contribution in [1.29, 1.82) is 5.26 Å². The Morgan fingerprint density at radius 1 is 1.26 bits per heavy atom. The maximum Gasteiger partial charge on any atom is 0.313 e. The van der Waals surface area contributed by atoms with Crippen LogP contribution in [0.15, 0.2) is 36.7 Å². The largest absolute Gasteiger partial charge is 0.481 e. The summed E-state index contributed by atoms with van der Waals surface area (Å²) in [6, 6.07) is 9.14. The van der Waals surface area contributed by atoms with Gasteiger partial charge in [0.1, 0.15) is 17.1 Å². The lowest BCUT2D eigenvalue weighted by Gasteiger charge is -2.21. The third kappa shape index (κ3) is 3.93. The van der Waals surface area contributed by atoms with Gasteiger partial charge in [0.05, 0.1) is 11.5 Å². The molecule has 1 aliphatic heterocycles. The Morgan fingerprint density at radius 3 is 2.52 bits per heavy atom. The number of rotatable bonds is 6. The lowest BCUT2D eigenvalue weighted by atomic mass is 9.83. The molecule has 2 aliphatic rings. The van der Waals surface area contributed by atoms with Crippen molar-refractivity contribution in [2.75, 3.05) is 16.8 Å². The van der Waals surface area contributed by atoms with Gasteiger partial charge < -0.3 is 15.3 Å². The van der Waals surface area contributed by atoms with Gasteiger partial charge in [-0.1, -0.05) is 0 Å². The van der Waals surface area contributed by atoms with Crippen LogP contribution < -0.4 is 10.2 Å². The van der Waals surface area contributed by atoms with E-state index in [-0.39, 0.29) is 24.2 Å². The molecule has 2 aromatic heterocycles. The van der Waals surface area contributed by atoms with Crippen molar-refractivity contribution >= 4 is 41.6 Å². The summed E-state index contributed by atoms with van der Waals surface area (Å²) in [7, 11) is 0. The van der Waals surface area contributed by atoms with Crippen molar-refractivity contribution in [2.45, 2.75) is 38.5 Å². The molecule has 0 spiro atoms. The molecule has 31 heavy (non-hydrogen) atoms. The van der Waals surface area contributed by atoms with Crippen LogP contribution in [0.5, 0.6) is 0 Å². The predicted molar refractivity (Wildman–Crippen MR) is 117 cm³/mol. The molecule has 8 nitrogen and oxygen atoms in total. The SMILES string of the molecule is CC(C)(C(=O)O)c1ccnc(Nc2cc(N3CC[C@@](C#N)(C4CC4)C3=O)ccn2)c1.Cl. The molecule has 162 valence electrons. The number of pyridine rings is 2. The van der Waals surface area contributed by atoms with Gasteiger partial charge in [0.25, 0.3) is 0 Å². The first kappa shape index (κ1) is 22.5. The van der Waals surface area contributed by atoms with Crippen molar-refractivity contribution in [1.82, 2.24) is 9.97 Å². The van der Waals surface area contributed by atoms with E-state index in [2.05, 4.69) is 21.4 Å². The smallest absolute Gasteiger partial charge is 0.313 e. The van der Waals surface area contributed by atoms with Gasteiger partial charge in [-0.3, -0.25) is 9.59 Å². The van der Waals surface area contributed by atoms with E-state index in [0.717, 1.165) is 12.8 Å². The van der Waals surface area contributed by atoms with Gasteiger partial charge in [-0.15, -0.1) is 12.4 Å². The van der Waals surface area contributed by atoms with E-state index in [1.165, 1.54) is 0 Å². The number of aromatic nitrogens is 2. The average molecular weight is 442 g/mol. The molecule has 0 aromatic carbocycles. The molecule has 2 fully saturated rings. The van der Waals surface area contributed by atoms with E-state index in [0.29, 0.717) is 35.9 Å². The van der Waals surface area contributed by atoms with Crippen LogP contribution in [-0.2, 0) is 15.0 Å². The van der Waals surface area contributed by atoms with E-state index >= 15 is 0 Å². The van der Waals surface area contributed by atoms with Gasteiger partial charge in [0, 0.05) is 30.7 Å². The zero-order valence-corrected chi connectivity index (χ0v) is 18.1. The molecule has 0 unspecified atom stereocenters. The quantitative estimate of drug-likeness (QED) is 0.701. The average Bonchev–Trinajstić information content (AvgIpc) is 3.52. The minimum absolute atomic E-state index is 0. The number of hydrogen-bond donors (Lipinski definition) is 2. The number of carboxylic acids is 1. The molecule has 4 rings (SSSR count). The van der Waals surface area contributed by atoms with E-state index in [1.807, 2.05) is 0 Å². The van der Waals surface area contributed by atoms with Gasteiger partial charge in [0.15, 0.2) is 0 Å². The lowest BCUT2D eigenvalue weighted by molar-refractivity contribution is -0.142. The van der Waals surface area contributed by atoms with Crippen LogP contribution in [0.1, 0.15) is 38.7 Å². The minimum Gasteiger partial charge on any atom is -0.481 e. The van der Waals surface area contributed by atoms with Crippen LogP contribution in [0, 0.1) is 22.7 Å². The number of carbonyl (C=O) groups excluding carboxylic acids is 1. The number of aliphatic carboxylic acids is 1. The summed E-state index contributed by atoms with van der Waals surface area (Å²) >= 11 is 0. The Labute approximate surface area is 186 Å². The molecule has 2 N–H and O–H groups in total. The summed E-state index contributed by atoms with van der Waals surface area (Å²) < 4.78 is 0. The summed E-state index contributed by atoms with van der Waals surface area (Å²) in [5, 5.41) is 22.2. The van der Waals surface area contributed by atoms with Gasteiger partial charge in [-0.05, 0) is 62.8 Å². The van der Waals surface area contributed by atoms with E-state index in [4.69, 9.17) is 0 Å². The number of nitriles is 1. The van der Waals surface area contributed by atoms with E-state index < -0.39 is 16.8 Å². The monoisotopic (exact) mass is 441 g/mol. The highest BCUT2D eigenvalue weighted by Crippen LogP contribution is 2.51. The highest BCUT2D eigenvalue weighted by Gasteiger charge is 2.56. The first-order chi connectivity index (χ1) is 14.3. The van der Waals surface area contributed by atoms with Crippen LogP contribution in [0.4, 0.5) is 17.3 Å². The van der Waals surface area contributed by atoms with Crippen molar-refractivity contribution < 1.29 is 14.7 Å². The normalized spacial score (nSPS) is 20.7. The van der Waals surface area contributed by atoms with Crippen molar-refractivity contribution in [3.8, 4) is 6.07 Å². The standard InChI is InChI=1S/C22H23N5O3.ClH/c1-21(2,20(29)30)15-5-8-24-17(11-15)26-18-12-16(6-9-25-18)27-10-7-22(13-23,19(27)28)14-3-4-14;/h5-6,8-9,11-12,14H,3-4,7,10H2,1-2H3,(H,29,30)(H,24,25,26);1H/t22-;/m1./s1. The fourth-order valence-electron chi connectivity index (χ4n) is 3.93. The number of nitrogens with zero attached hydrogens (tertiary/aromatic N) is 4. The topological polar surface area (TPSA) is 119 Å². The lowest BCUT2D eigenvalue weighted by Crippen LogP contribution is -2.35. The molecule has 0 bridgehead atoms. The predicted octanol–water partition coefficient (Wildman–Crippen LogP) is 3.66. The van der Waals surface area contributed by atoms with Crippen molar-refractivity contribution in [2.24, 2.45) is 11.3 Å². The molecule has 0 radical (unpaired) electrons. The second-order valence-corrected chi connectivity index (χ2v) is 8.45. The molecule has 1 saturated carbocycles. The maximum atomic E-state index is 13.0. The zero-order chi connectivity index (χ0) is 21.5. The zero-order valence-electron chi connectivity index (χ0n) is 17.3. The molecule has 3 heterocycles. The number of nitrogens with one attached hydrogen (secondary N) is 1. The molecule has 1 aliphatic carbocycles. The Bertz CT molecular complexity index is 1060. The van der Waals surface area contributed by atoms with Crippen LogP contribution in [0.2, 0.25) is 0 Å². The van der Waals surface area contributed by atoms with Crippen molar-refractivity contribution in [3.63, 3.8) is 0 Å². The molecule has 1 amide bonds. The fraction of sp³-hybridized carbons (Fsp3) is 0.409. The minimum atomic E-state index is -1.06. The third-order valence-electron chi connectivity index (χ3n) is 6.16. The molecular formula is C22H24ClN5O3. The molecular weight excluding hydrogens is 418 g/mol. The Morgan fingerprint density at radius 2 is 1.90 bits per heavy atom. The Kier molecular flexibility index (Phi) is 5.92. The van der Waals surface area contributed by atoms with Gasteiger partial charge in [-0.2, -0.15) is 5.26 Å². The highest BCUT2D eigenvalue weighted by atomic mass is 35.5. The first-order valence-electron chi connectivity index (χ1n) is 9.94. The number of carbonyl (C=O) groups is 2. The summed E-state index contributed by atoms with van der Waals surface area (Å²) in [5.41, 5.74) is -0.659. The number of carboxylic acid groups (broad SMARTS) is 1. The molecule has 9 heteroatoms. The fourth-order valence-corrected chi connectivity index (χ4v) is 3.93. The van der Waals surface area contributed by atoms with Gasteiger partial charge >= 0.3 is 5.97 Å². The number of hydrogen-bond acceptors (Lipinski definition) is 6. The molecule has 1 saturated heterocycles. The Balaban J connectivity index is 0.00000272. The summed E-state index contributed by atoms with van der Waals surface area (Å²) in [6.07, 6.45) is 5.56. The van der Waals surface area contributed by atoms with E-state index in [9.17, 15) is 20.0 Å². The maximum absolute atomic E-state index is 13.0. The first-order valence-corrected chi connectivity index (χ1v) is 9.94. The second-order valence-electron chi connectivity index (χ2n) is 8.45. The van der Waals surface area contributed by atoms with Crippen LogP contribution in [0.25, 0.3) is 0 Å². The third-order valence-corrected chi connectivity index (χ3v) is 6.16. The Hall–Kier alpha value is -3.18. The van der Waals surface area contributed by atoms with Gasteiger partial charge in [0.2, 0.25) is 5.91 Å². The van der Waals surface area contributed by atoms with Crippen LogP contribution >= 0.6 is 12.4 Å². The summed E-state index contributed by atoms with van der Waals surface area (Å²) in [4.78, 5) is 34.8. The molecule has 2 aromatic rings. The van der Waals surface area contributed by atoms with Crippen molar-refractivity contribution in [3.05, 3.63) is 42.2 Å².